The molecule has 1 aromatic rings. The Morgan fingerprint density at radius 1 is 1.27 bits per heavy atom. The molecule has 1 heterocycles. The zero-order chi connectivity index (χ0) is 16.1. The van der Waals surface area contributed by atoms with Crippen LogP contribution in [0.1, 0.15) is 37.0 Å². The highest BCUT2D eigenvalue weighted by Crippen LogP contribution is 2.31. The van der Waals surface area contributed by atoms with Crippen LogP contribution in [0.25, 0.3) is 0 Å². The highest BCUT2D eigenvalue weighted by Gasteiger charge is 2.23. The van der Waals surface area contributed by atoms with Gasteiger partial charge in [-0.3, -0.25) is 4.79 Å². The SMILES string of the molecule is CNC(=O)c1ccc(OC)c(OC2CCN(C(C)C)CC2)c1. The largest absolute Gasteiger partial charge is 0.493 e. The van der Waals surface area contributed by atoms with E-state index in [0.717, 1.165) is 25.9 Å². The fourth-order valence-corrected chi connectivity index (χ4v) is 2.74. The number of hydrogen-bond donors (Lipinski definition) is 1. The van der Waals surface area contributed by atoms with E-state index in [9.17, 15) is 4.79 Å². The summed E-state index contributed by atoms with van der Waals surface area (Å²) in [5.74, 6) is 1.19. The van der Waals surface area contributed by atoms with E-state index in [0.29, 0.717) is 23.1 Å². The van der Waals surface area contributed by atoms with E-state index < -0.39 is 0 Å². The van der Waals surface area contributed by atoms with Gasteiger partial charge in [0.05, 0.1) is 7.11 Å². The second-order valence-electron chi connectivity index (χ2n) is 5.89. The molecule has 1 amide bonds. The van der Waals surface area contributed by atoms with Crippen molar-refractivity contribution in [1.29, 1.82) is 0 Å². The summed E-state index contributed by atoms with van der Waals surface area (Å²) >= 11 is 0. The number of carbonyl (C=O) groups excluding carboxylic acids is 1. The van der Waals surface area contributed by atoms with Gasteiger partial charge in [-0.1, -0.05) is 0 Å². The van der Waals surface area contributed by atoms with Crippen LogP contribution < -0.4 is 14.8 Å². The van der Waals surface area contributed by atoms with Crippen molar-refractivity contribution >= 4 is 5.91 Å². The van der Waals surface area contributed by atoms with Gasteiger partial charge in [0.25, 0.3) is 5.91 Å². The van der Waals surface area contributed by atoms with Crippen LogP contribution in [-0.4, -0.2) is 50.2 Å². The Balaban J connectivity index is 2.07. The number of carbonyl (C=O) groups is 1. The minimum absolute atomic E-state index is 0.123. The maximum absolute atomic E-state index is 11.8. The zero-order valence-corrected chi connectivity index (χ0v) is 13.9. The molecule has 0 spiro atoms. The third-order valence-electron chi connectivity index (χ3n) is 4.15. The minimum atomic E-state index is -0.123. The molecule has 22 heavy (non-hydrogen) atoms. The standard InChI is InChI=1S/C17H26N2O3/c1-12(2)19-9-7-14(8-10-19)22-16-11-13(17(20)18-3)5-6-15(16)21-4/h5-6,11-12,14H,7-10H2,1-4H3,(H,18,20). The summed E-state index contributed by atoms with van der Waals surface area (Å²) in [5, 5.41) is 2.63. The molecule has 5 heteroatoms. The van der Waals surface area contributed by atoms with Crippen LogP contribution in [0.4, 0.5) is 0 Å². The molecule has 0 aliphatic carbocycles. The van der Waals surface area contributed by atoms with Crippen molar-refractivity contribution < 1.29 is 14.3 Å². The second-order valence-corrected chi connectivity index (χ2v) is 5.89. The second kappa shape index (κ2) is 7.49. The smallest absolute Gasteiger partial charge is 0.251 e. The summed E-state index contributed by atoms with van der Waals surface area (Å²) in [4.78, 5) is 14.2. The molecule has 5 nitrogen and oxygen atoms in total. The maximum Gasteiger partial charge on any atom is 0.251 e. The molecule has 122 valence electrons. The van der Waals surface area contributed by atoms with Gasteiger partial charge in [-0.25, -0.2) is 0 Å². The first-order chi connectivity index (χ1) is 10.5. The van der Waals surface area contributed by atoms with Gasteiger partial charge in [0, 0.05) is 31.7 Å². The highest BCUT2D eigenvalue weighted by molar-refractivity contribution is 5.94. The molecule has 0 unspecified atom stereocenters. The van der Waals surface area contributed by atoms with Gasteiger partial charge in [0.15, 0.2) is 11.5 Å². The normalized spacial score (nSPS) is 16.6. The molecule has 2 rings (SSSR count). The Labute approximate surface area is 132 Å². The van der Waals surface area contributed by atoms with Crippen molar-refractivity contribution in [1.82, 2.24) is 10.2 Å². The van der Waals surface area contributed by atoms with Crippen molar-refractivity contribution in [2.24, 2.45) is 0 Å². The van der Waals surface area contributed by atoms with Crippen LogP contribution >= 0.6 is 0 Å². The quantitative estimate of drug-likeness (QED) is 0.907. The lowest BCUT2D eigenvalue weighted by Gasteiger charge is -2.34. The lowest BCUT2D eigenvalue weighted by Crippen LogP contribution is -2.41. The van der Waals surface area contributed by atoms with Gasteiger partial charge in [-0.2, -0.15) is 0 Å². The molecule has 1 aliphatic heterocycles. The van der Waals surface area contributed by atoms with Gasteiger partial charge in [0.2, 0.25) is 0 Å². The number of nitrogens with zero attached hydrogens (tertiary/aromatic N) is 1. The van der Waals surface area contributed by atoms with Crippen molar-refractivity contribution in [2.45, 2.75) is 38.8 Å². The lowest BCUT2D eigenvalue weighted by molar-refractivity contribution is 0.0819. The fraction of sp³-hybridized carbons (Fsp3) is 0.588. The minimum Gasteiger partial charge on any atom is -0.493 e. The fourth-order valence-electron chi connectivity index (χ4n) is 2.74. The topological polar surface area (TPSA) is 50.8 Å². The molecule has 0 bridgehead atoms. The Morgan fingerprint density at radius 3 is 2.50 bits per heavy atom. The van der Waals surface area contributed by atoms with E-state index in [-0.39, 0.29) is 12.0 Å². The van der Waals surface area contributed by atoms with Gasteiger partial charge in [0.1, 0.15) is 6.10 Å². The first kappa shape index (κ1) is 16.6. The van der Waals surface area contributed by atoms with Crippen molar-refractivity contribution in [2.75, 3.05) is 27.2 Å². The summed E-state index contributed by atoms with van der Waals surface area (Å²) < 4.78 is 11.5. The number of nitrogens with one attached hydrogen (secondary N) is 1. The van der Waals surface area contributed by atoms with E-state index >= 15 is 0 Å². The number of benzene rings is 1. The molecule has 0 aromatic heterocycles. The zero-order valence-electron chi connectivity index (χ0n) is 13.9. The molecule has 1 saturated heterocycles. The van der Waals surface area contributed by atoms with Crippen LogP contribution in [0, 0.1) is 0 Å². The summed E-state index contributed by atoms with van der Waals surface area (Å²) in [6.07, 6.45) is 2.15. The van der Waals surface area contributed by atoms with Crippen LogP contribution in [0.3, 0.4) is 0 Å². The average Bonchev–Trinajstić information content (AvgIpc) is 2.54. The van der Waals surface area contributed by atoms with Crippen LogP contribution in [0.15, 0.2) is 18.2 Å². The predicted molar refractivity (Wildman–Crippen MR) is 86.7 cm³/mol. The molecule has 0 radical (unpaired) electrons. The van der Waals surface area contributed by atoms with E-state index in [1.54, 1.807) is 32.4 Å². The molecule has 1 aliphatic rings. The van der Waals surface area contributed by atoms with Crippen molar-refractivity contribution in [3.05, 3.63) is 23.8 Å². The molecular formula is C17H26N2O3. The third-order valence-corrected chi connectivity index (χ3v) is 4.15. The first-order valence-corrected chi connectivity index (χ1v) is 7.86. The number of methoxy groups -OCH3 is 1. The summed E-state index contributed by atoms with van der Waals surface area (Å²) in [6.45, 7) is 6.52. The van der Waals surface area contributed by atoms with Gasteiger partial charge in [-0.05, 0) is 44.9 Å². The van der Waals surface area contributed by atoms with E-state index in [1.165, 1.54) is 0 Å². The summed E-state index contributed by atoms with van der Waals surface area (Å²) in [6, 6.07) is 5.86. The molecular weight excluding hydrogens is 280 g/mol. The molecule has 1 aromatic carbocycles. The van der Waals surface area contributed by atoms with Crippen LogP contribution in [0.2, 0.25) is 0 Å². The Bertz CT molecular complexity index is 509. The number of rotatable bonds is 5. The number of hydrogen-bond acceptors (Lipinski definition) is 4. The molecule has 0 atom stereocenters. The highest BCUT2D eigenvalue weighted by atomic mass is 16.5. The monoisotopic (exact) mass is 306 g/mol. The van der Waals surface area contributed by atoms with E-state index in [2.05, 4.69) is 24.1 Å². The van der Waals surface area contributed by atoms with Gasteiger partial charge >= 0.3 is 0 Å². The predicted octanol–water partition coefficient (Wildman–Crippen LogP) is 2.31. The lowest BCUT2D eigenvalue weighted by atomic mass is 10.1. The number of amides is 1. The van der Waals surface area contributed by atoms with E-state index in [4.69, 9.17) is 9.47 Å². The van der Waals surface area contributed by atoms with E-state index in [1.807, 2.05) is 0 Å². The van der Waals surface area contributed by atoms with Crippen LogP contribution in [0.5, 0.6) is 11.5 Å². The Hall–Kier alpha value is -1.75. The molecule has 1 N–H and O–H groups in total. The average molecular weight is 306 g/mol. The summed E-state index contributed by atoms with van der Waals surface area (Å²) in [7, 11) is 3.23. The number of piperidine rings is 1. The van der Waals surface area contributed by atoms with Crippen molar-refractivity contribution in [3.63, 3.8) is 0 Å². The summed E-state index contributed by atoms with van der Waals surface area (Å²) in [5.41, 5.74) is 0.581. The van der Waals surface area contributed by atoms with Gasteiger partial charge in [-0.15, -0.1) is 0 Å². The van der Waals surface area contributed by atoms with Crippen LogP contribution in [-0.2, 0) is 0 Å². The Morgan fingerprint density at radius 2 is 1.95 bits per heavy atom. The number of ether oxygens (including phenoxy) is 2. The first-order valence-electron chi connectivity index (χ1n) is 7.86. The maximum atomic E-state index is 11.8. The molecule has 1 fully saturated rings. The third kappa shape index (κ3) is 3.91. The number of likely N-dealkylation sites (tertiary alicyclic amines) is 1. The Kier molecular flexibility index (Phi) is 5.66. The van der Waals surface area contributed by atoms with Crippen molar-refractivity contribution in [3.8, 4) is 11.5 Å². The molecule has 0 saturated carbocycles. The van der Waals surface area contributed by atoms with Gasteiger partial charge < -0.3 is 19.7 Å².